The van der Waals surface area contributed by atoms with Gasteiger partial charge in [-0.25, -0.2) is 9.69 Å². The van der Waals surface area contributed by atoms with Crippen molar-refractivity contribution in [3.63, 3.8) is 0 Å². The van der Waals surface area contributed by atoms with Crippen molar-refractivity contribution >= 4 is 17.9 Å². The highest BCUT2D eigenvalue weighted by Crippen LogP contribution is 2.14. The van der Waals surface area contributed by atoms with Crippen LogP contribution in [-0.4, -0.2) is 41.0 Å². The predicted molar refractivity (Wildman–Crippen MR) is 118 cm³/mol. The Kier molecular flexibility index (Phi) is 18.6. The number of unbranched alkanes of at least 4 members (excludes halogenated alkanes) is 14. The van der Waals surface area contributed by atoms with Crippen LogP contribution in [-0.2, 0) is 9.59 Å². The maximum atomic E-state index is 12.0. The van der Waals surface area contributed by atoms with Gasteiger partial charge in [-0.3, -0.25) is 9.59 Å². The summed E-state index contributed by atoms with van der Waals surface area (Å²) in [5.41, 5.74) is 0. The fourth-order valence-electron chi connectivity index (χ4n) is 3.42. The van der Waals surface area contributed by atoms with Crippen LogP contribution in [0.1, 0.15) is 110 Å². The number of amides is 3. The Hall–Kier alpha value is -1.59. The Morgan fingerprint density at radius 3 is 1.55 bits per heavy atom. The molecule has 0 saturated heterocycles. The second kappa shape index (κ2) is 19.7. The van der Waals surface area contributed by atoms with E-state index in [9.17, 15) is 14.4 Å². The van der Waals surface area contributed by atoms with Gasteiger partial charge >= 0.3 is 6.09 Å². The Labute approximate surface area is 177 Å². The molecular weight excluding hydrogens is 368 g/mol. The molecule has 0 fully saturated rings. The molecule has 6 heteroatoms. The van der Waals surface area contributed by atoms with Crippen LogP contribution >= 0.6 is 0 Å². The highest BCUT2D eigenvalue weighted by atomic mass is 16.4. The zero-order valence-corrected chi connectivity index (χ0v) is 18.6. The second-order valence-corrected chi connectivity index (χ2v) is 7.88. The molecule has 0 aliphatic rings. The molecule has 0 aromatic heterocycles. The zero-order chi connectivity index (χ0) is 21.7. The van der Waals surface area contributed by atoms with Crippen molar-refractivity contribution in [1.29, 1.82) is 0 Å². The van der Waals surface area contributed by atoms with E-state index in [1.807, 2.05) is 0 Å². The van der Waals surface area contributed by atoms with Gasteiger partial charge in [-0.15, -0.1) is 0 Å². The minimum absolute atomic E-state index is 0.0336. The number of hydrogen-bond acceptors (Lipinski definition) is 3. The number of nitrogens with zero attached hydrogens (tertiary/aromatic N) is 1. The van der Waals surface area contributed by atoms with Crippen molar-refractivity contribution in [2.45, 2.75) is 110 Å². The van der Waals surface area contributed by atoms with Gasteiger partial charge in [-0.1, -0.05) is 96.8 Å². The molecule has 0 spiro atoms. The third-order valence-corrected chi connectivity index (χ3v) is 5.18. The number of carbonyl (C=O) groups excluding carboxylic acids is 2. The standard InChI is InChI=1S/C23H43N2O4/c1-3-4-5-6-7-8-9-10-11-12-13-14-15-16-17-18-22(27)25(23(28)29)20-19-24-21(2)26/h2-20H2,1H3,(H,24,26)(H,28,29). The fourth-order valence-corrected chi connectivity index (χ4v) is 3.42. The highest BCUT2D eigenvalue weighted by molar-refractivity contribution is 5.91. The average molecular weight is 412 g/mol. The van der Waals surface area contributed by atoms with Gasteiger partial charge in [0.2, 0.25) is 11.8 Å². The van der Waals surface area contributed by atoms with Crippen molar-refractivity contribution in [2.75, 3.05) is 13.1 Å². The molecule has 1 radical (unpaired) electrons. The fraction of sp³-hybridized carbons (Fsp3) is 0.826. The van der Waals surface area contributed by atoms with E-state index in [1.165, 1.54) is 77.0 Å². The van der Waals surface area contributed by atoms with Crippen LogP contribution in [0, 0.1) is 6.92 Å². The van der Waals surface area contributed by atoms with Gasteiger partial charge < -0.3 is 10.4 Å². The van der Waals surface area contributed by atoms with E-state index in [0.717, 1.165) is 17.7 Å². The quantitative estimate of drug-likeness (QED) is 0.267. The molecule has 0 aromatic rings. The van der Waals surface area contributed by atoms with Crippen molar-refractivity contribution in [3.05, 3.63) is 6.92 Å². The van der Waals surface area contributed by atoms with Crippen molar-refractivity contribution in [3.8, 4) is 0 Å². The molecule has 0 saturated carbocycles. The van der Waals surface area contributed by atoms with Crippen molar-refractivity contribution in [2.24, 2.45) is 0 Å². The van der Waals surface area contributed by atoms with Crippen LogP contribution in [0.4, 0.5) is 4.79 Å². The van der Waals surface area contributed by atoms with E-state index in [-0.39, 0.29) is 19.5 Å². The van der Waals surface area contributed by atoms with Crippen LogP contribution in [0.25, 0.3) is 0 Å². The summed E-state index contributed by atoms with van der Waals surface area (Å²) in [6.07, 6.45) is 17.7. The maximum Gasteiger partial charge on any atom is 0.414 e. The molecule has 3 amide bonds. The lowest BCUT2D eigenvalue weighted by Crippen LogP contribution is -2.41. The lowest BCUT2D eigenvalue weighted by atomic mass is 10.0. The summed E-state index contributed by atoms with van der Waals surface area (Å²) in [5, 5.41) is 11.5. The Balaban J connectivity index is 3.50. The number of hydrogen-bond donors (Lipinski definition) is 2. The van der Waals surface area contributed by atoms with E-state index >= 15 is 0 Å². The second-order valence-electron chi connectivity index (χ2n) is 7.88. The maximum absolute atomic E-state index is 12.0. The first-order chi connectivity index (χ1) is 14.0. The molecule has 0 atom stereocenters. The Morgan fingerprint density at radius 2 is 1.17 bits per heavy atom. The molecule has 0 rings (SSSR count). The summed E-state index contributed by atoms with van der Waals surface area (Å²) < 4.78 is 0. The number of carbonyl (C=O) groups is 3. The van der Waals surface area contributed by atoms with E-state index in [4.69, 9.17) is 5.11 Å². The first kappa shape index (κ1) is 27.4. The minimum atomic E-state index is -1.27. The molecule has 0 unspecified atom stereocenters. The van der Waals surface area contributed by atoms with Gasteiger partial charge in [-0.05, 0) is 6.42 Å². The molecule has 2 N–H and O–H groups in total. The van der Waals surface area contributed by atoms with Crippen LogP contribution in [0.2, 0.25) is 0 Å². The monoisotopic (exact) mass is 411 g/mol. The number of nitrogens with one attached hydrogen (secondary N) is 1. The first-order valence-corrected chi connectivity index (χ1v) is 11.6. The summed E-state index contributed by atoms with van der Waals surface area (Å²) in [5.74, 6) is -0.879. The number of imide groups is 1. The number of carboxylic acid groups (broad SMARTS) is 1. The molecular formula is C23H43N2O4. The Morgan fingerprint density at radius 1 is 0.759 bits per heavy atom. The van der Waals surface area contributed by atoms with Gasteiger partial charge in [0.25, 0.3) is 0 Å². The van der Waals surface area contributed by atoms with Crippen LogP contribution in [0.5, 0.6) is 0 Å². The van der Waals surface area contributed by atoms with Gasteiger partial charge in [0.1, 0.15) is 0 Å². The molecule has 6 nitrogen and oxygen atoms in total. The Bertz CT molecular complexity index is 441. The largest absolute Gasteiger partial charge is 0.465 e. The van der Waals surface area contributed by atoms with Gasteiger partial charge in [0.05, 0.1) is 0 Å². The van der Waals surface area contributed by atoms with Gasteiger partial charge in [-0.2, -0.15) is 0 Å². The predicted octanol–water partition coefficient (Wildman–Crippen LogP) is 5.70. The lowest BCUT2D eigenvalue weighted by molar-refractivity contribution is -0.129. The van der Waals surface area contributed by atoms with Crippen LogP contribution in [0.3, 0.4) is 0 Å². The summed E-state index contributed by atoms with van der Waals surface area (Å²) in [6, 6.07) is 0. The zero-order valence-electron chi connectivity index (χ0n) is 18.6. The smallest absolute Gasteiger partial charge is 0.414 e. The van der Waals surface area contributed by atoms with Crippen molar-refractivity contribution in [1.82, 2.24) is 10.2 Å². The summed E-state index contributed by atoms with van der Waals surface area (Å²) >= 11 is 0. The van der Waals surface area contributed by atoms with Crippen molar-refractivity contribution < 1.29 is 19.5 Å². The van der Waals surface area contributed by atoms with E-state index in [1.54, 1.807) is 0 Å². The average Bonchev–Trinajstić information content (AvgIpc) is 2.67. The molecule has 169 valence electrons. The van der Waals surface area contributed by atoms with E-state index in [2.05, 4.69) is 19.2 Å². The summed E-state index contributed by atoms with van der Waals surface area (Å²) in [4.78, 5) is 34.7. The first-order valence-electron chi connectivity index (χ1n) is 11.6. The van der Waals surface area contributed by atoms with E-state index in [0.29, 0.717) is 6.42 Å². The van der Waals surface area contributed by atoms with Crippen LogP contribution < -0.4 is 5.32 Å². The molecule has 0 aliphatic carbocycles. The third-order valence-electron chi connectivity index (χ3n) is 5.18. The molecule has 29 heavy (non-hydrogen) atoms. The lowest BCUT2D eigenvalue weighted by Gasteiger charge is -2.17. The van der Waals surface area contributed by atoms with Gasteiger partial charge in [0, 0.05) is 26.4 Å². The number of rotatable bonds is 19. The normalized spacial score (nSPS) is 10.7. The van der Waals surface area contributed by atoms with Gasteiger partial charge in [0.15, 0.2) is 0 Å². The topological polar surface area (TPSA) is 86.7 Å². The summed E-state index contributed by atoms with van der Waals surface area (Å²) in [7, 11) is 0. The highest BCUT2D eigenvalue weighted by Gasteiger charge is 2.19. The minimum Gasteiger partial charge on any atom is -0.465 e. The third kappa shape index (κ3) is 18.2. The SMILES string of the molecule is [CH2]C(=O)NCCN(C(=O)O)C(=O)CCCCCCCCCCCCCCCCC. The van der Waals surface area contributed by atoms with E-state index < -0.39 is 17.9 Å². The summed E-state index contributed by atoms with van der Waals surface area (Å²) in [6.45, 7) is 5.46. The molecule has 0 heterocycles. The molecule has 0 bridgehead atoms. The molecule has 0 aromatic carbocycles. The molecule has 0 aliphatic heterocycles. The van der Waals surface area contributed by atoms with Crippen LogP contribution in [0.15, 0.2) is 0 Å².